The van der Waals surface area contributed by atoms with Crippen molar-refractivity contribution in [2.45, 2.75) is 83.9 Å². The molecule has 2 heterocycles. The molecule has 2 amide bonds. The number of benzene rings is 1. The highest BCUT2D eigenvalue weighted by Crippen LogP contribution is 2.55. The van der Waals surface area contributed by atoms with Gasteiger partial charge in [0, 0.05) is 18.2 Å². The lowest BCUT2D eigenvalue weighted by Crippen LogP contribution is -2.62. The van der Waals surface area contributed by atoms with Crippen molar-refractivity contribution in [1.82, 2.24) is 15.4 Å². The predicted molar refractivity (Wildman–Crippen MR) is 142 cm³/mol. The number of ether oxygens (including phenoxy) is 2. The zero-order chi connectivity index (χ0) is 29.5. The van der Waals surface area contributed by atoms with E-state index in [0.29, 0.717) is 47.8 Å². The van der Waals surface area contributed by atoms with E-state index in [4.69, 9.17) is 14.0 Å². The third kappa shape index (κ3) is 5.80. The largest absolute Gasteiger partial charge is 0.493 e. The highest BCUT2D eigenvalue weighted by Gasteiger charge is 2.65. The number of alkyl halides is 2. The fraction of sp³-hybridized carbons (Fsp3) is 0.621. The second kappa shape index (κ2) is 10.6. The van der Waals surface area contributed by atoms with Crippen LogP contribution in [0.3, 0.4) is 0 Å². The Morgan fingerprint density at radius 2 is 1.75 bits per heavy atom. The monoisotopic (exact) mass is 563 g/mol. The Morgan fingerprint density at radius 3 is 2.38 bits per heavy atom. The Kier molecular flexibility index (Phi) is 7.92. The van der Waals surface area contributed by atoms with Gasteiger partial charge in [0.05, 0.1) is 26.8 Å². The van der Waals surface area contributed by atoms with Gasteiger partial charge in [0.1, 0.15) is 11.3 Å². The maximum atomic E-state index is 15.8. The van der Waals surface area contributed by atoms with Crippen LogP contribution in [0.5, 0.6) is 11.5 Å². The second-order valence-corrected chi connectivity index (χ2v) is 12.6. The minimum absolute atomic E-state index is 0.000913. The van der Waals surface area contributed by atoms with Crippen molar-refractivity contribution in [1.29, 1.82) is 0 Å². The highest BCUT2D eigenvalue weighted by atomic mass is 19.3. The first kappa shape index (κ1) is 29.8. The van der Waals surface area contributed by atoms with Gasteiger partial charge in [-0.2, -0.15) is 8.78 Å². The highest BCUT2D eigenvalue weighted by molar-refractivity contribution is 5.94. The molecule has 2 N–H and O–H groups in total. The Morgan fingerprint density at radius 1 is 1.10 bits per heavy atom. The van der Waals surface area contributed by atoms with Gasteiger partial charge in [0.15, 0.2) is 17.3 Å². The summed E-state index contributed by atoms with van der Waals surface area (Å²) in [7, 11) is 2.97. The van der Waals surface area contributed by atoms with Crippen LogP contribution < -0.4 is 14.8 Å². The number of hydrogen-bond acceptors (Lipinski definition) is 7. The average Bonchev–Trinajstić information content (AvgIpc) is 3.53. The molecule has 2 fully saturated rings. The molecular weight excluding hydrogens is 524 g/mol. The minimum Gasteiger partial charge on any atom is -0.493 e. The lowest BCUT2D eigenvalue weighted by Gasteiger charge is -2.51. The van der Waals surface area contributed by atoms with Gasteiger partial charge in [-0.3, -0.25) is 9.59 Å². The molecule has 4 rings (SSSR count). The van der Waals surface area contributed by atoms with E-state index in [2.05, 4.69) is 10.5 Å². The summed E-state index contributed by atoms with van der Waals surface area (Å²) in [6.45, 7) is 7.51. The number of halogens is 2. The number of likely N-dealkylation sites (tertiary alicyclic amines) is 1. The molecule has 2 aliphatic rings. The lowest BCUT2D eigenvalue weighted by molar-refractivity contribution is -0.231. The van der Waals surface area contributed by atoms with Gasteiger partial charge < -0.3 is 29.3 Å². The summed E-state index contributed by atoms with van der Waals surface area (Å²) in [5.41, 5.74) is -2.88. The van der Waals surface area contributed by atoms with E-state index < -0.39 is 34.3 Å². The molecule has 1 aliphatic heterocycles. The number of rotatable bonds is 8. The van der Waals surface area contributed by atoms with Crippen LogP contribution in [-0.4, -0.2) is 59.3 Å². The zero-order valence-corrected chi connectivity index (χ0v) is 24.0. The maximum absolute atomic E-state index is 15.8. The summed E-state index contributed by atoms with van der Waals surface area (Å²) in [6.07, 6.45) is 1.27. The number of aliphatic hydroxyl groups is 1. The summed E-state index contributed by atoms with van der Waals surface area (Å²) < 4.78 is 47.5. The molecule has 1 aromatic heterocycles. The quantitative estimate of drug-likeness (QED) is 0.470. The fourth-order valence-corrected chi connectivity index (χ4v) is 6.80. The number of nitrogens with one attached hydrogen (secondary N) is 1. The topological polar surface area (TPSA) is 114 Å². The number of carbonyl (C=O) groups excluding carboxylic acids is 2. The Labute approximate surface area is 233 Å². The van der Waals surface area contributed by atoms with E-state index in [0.717, 1.165) is 4.90 Å². The zero-order valence-electron chi connectivity index (χ0n) is 24.0. The first-order valence-corrected chi connectivity index (χ1v) is 13.5. The minimum atomic E-state index is -3.97. The predicted octanol–water partition coefficient (Wildman–Crippen LogP) is 4.89. The van der Waals surface area contributed by atoms with Crippen molar-refractivity contribution in [3.8, 4) is 11.5 Å². The van der Waals surface area contributed by atoms with Crippen LogP contribution in [0.1, 0.15) is 87.7 Å². The molecule has 11 heteroatoms. The summed E-state index contributed by atoms with van der Waals surface area (Å²) in [5, 5.41) is 18.0. The van der Waals surface area contributed by atoms with Gasteiger partial charge in [0.2, 0.25) is 0 Å². The number of aromatic nitrogens is 1. The smallest absolute Gasteiger partial charge is 0.352 e. The molecule has 0 spiro atoms. The molecule has 220 valence electrons. The first-order chi connectivity index (χ1) is 18.6. The Hall–Kier alpha value is -3.21. The van der Waals surface area contributed by atoms with Crippen LogP contribution in [0.15, 0.2) is 28.8 Å². The van der Waals surface area contributed by atoms with E-state index >= 15 is 8.78 Å². The second-order valence-electron chi connectivity index (χ2n) is 12.6. The Balaban J connectivity index is 1.45. The van der Waals surface area contributed by atoms with Crippen molar-refractivity contribution < 1.29 is 37.5 Å². The Bertz CT molecular complexity index is 1240. The lowest BCUT2D eigenvalue weighted by atomic mass is 9.58. The van der Waals surface area contributed by atoms with E-state index in [1.807, 2.05) is 27.7 Å². The van der Waals surface area contributed by atoms with E-state index in [9.17, 15) is 14.7 Å². The molecule has 1 aliphatic carbocycles. The number of amides is 2. The van der Waals surface area contributed by atoms with Gasteiger partial charge >= 0.3 is 5.92 Å². The first-order valence-electron chi connectivity index (χ1n) is 13.5. The molecule has 2 aromatic rings. The van der Waals surface area contributed by atoms with Crippen LogP contribution in [0.25, 0.3) is 0 Å². The van der Waals surface area contributed by atoms with Crippen molar-refractivity contribution in [3.63, 3.8) is 0 Å². The van der Waals surface area contributed by atoms with Gasteiger partial charge in [-0.1, -0.05) is 32.9 Å². The maximum Gasteiger partial charge on any atom is 0.352 e. The summed E-state index contributed by atoms with van der Waals surface area (Å²) in [5.74, 6) is -4.54. The molecule has 0 unspecified atom stereocenters. The molecular formula is C29H39F2N3O6. The molecule has 0 bridgehead atoms. The van der Waals surface area contributed by atoms with E-state index in [1.165, 1.54) is 14.2 Å². The van der Waals surface area contributed by atoms with Gasteiger partial charge in [-0.05, 0) is 61.1 Å². The molecule has 40 heavy (non-hydrogen) atoms. The van der Waals surface area contributed by atoms with E-state index in [1.54, 1.807) is 24.3 Å². The third-order valence-electron chi connectivity index (χ3n) is 7.85. The van der Waals surface area contributed by atoms with Gasteiger partial charge in [-0.25, -0.2) is 0 Å². The summed E-state index contributed by atoms with van der Waals surface area (Å²) in [6, 6.07) is 5.60. The molecule has 1 saturated heterocycles. The van der Waals surface area contributed by atoms with Crippen LogP contribution in [-0.2, 0) is 11.3 Å². The fourth-order valence-electron chi connectivity index (χ4n) is 6.80. The SMILES string of the molecule is COc1ccc(C(=O)NCc2cc([C@@H]3CCCN3C(=O)C(F)(F)C3(O)CC(C)(C)CC(C)(C)C3)no2)cc1OC. The van der Waals surface area contributed by atoms with Crippen LogP contribution in [0.4, 0.5) is 8.78 Å². The van der Waals surface area contributed by atoms with E-state index in [-0.39, 0.29) is 31.8 Å². The van der Waals surface area contributed by atoms with Crippen molar-refractivity contribution >= 4 is 11.8 Å². The molecule has 1 atom stereocenters. The number of hydrogen-bond donors (Lipinski definition) is 2. The summed E-state index contributed by atoms with van der Waals surface area (Å²) in [4.78, 5) is 27.1. The van der Waals surface area contributed by atoms with Crippen molar-refractivity contribution in [2.24, 2.45) is 10.8 Å². The average molecular weight is 564 g/mol. The molecule has 0 radical (unpaired) electrons. The van der Waals surface area contributed by atoms with Crippen LogP contribution in [0, 0.1) is 10.8 Å². The number of methoxy groups -OCH3 is 2. The van der Waals surface area contributed by atoms with Crippen LogP contribution >= 0.6 is 0 Å². The van der Waals surface area contributed by atoms with Crippen LogP contribution in [0.2, 0.25) is 0 Å². The van der Waals surface area contributed by atoms with Crippen molar-refractivity contribution in [3.05, 3.63) is 41.3 Å². The standard InChI is InChI=1S/C29H39F2N3O6/c1-26(2)15-27(3,4)17-28(37,16-26)29(30,31)25(36)34-11-7-8-21(34)20-13-19(40-33-20)14-32-24(35)18-9-10-22(38-5)23(12-18)39-6/h9-10,12-13,21,37H,7-8,11,14-17H2,1-6H3,(H,32,35)/t21-/m0/s1. The number of carbonyl (C=O) groups is 2. The molecule has 1 aromatic carbocycles. The van der Waals surface area contributed by atoms with Crippen molar-refractivity contribution in [2.75, 3.05) is 20.8 Å². The normalized spacial score (nSPS) is 21.6. The number of nitrogens with zero attached hydrogens (tertiary/aromatic N) is 2. The molecule has 9 nitrogen and oxygen atoms in total. The summed E-state index contributed by atoms with van der Waals surface area (Å²) >= 11 is 0. The van der Waals surface area contributed by atoms with Gasteiger partial charge in [0.25, 0.3) is 11.8 Å². The third-order valence-corrected chi connectivity index (χ3v) is 7.85. The molecule has 1 saturated carbocycles. The van der Waals surface area contributed by atoms with Gasteiger partial charge in [-0.15, -0.1) is 0 Å².